The zero-order chi connectivity index (χ0) is 15.4. The smallest absolute Gasteiger partial charge is 0.409 e. The molecular formula is C14H17BrF2N2O2. The Morgan fingerprint density at radius 1 is 1.38 bits per heavy atom. The van der Waals surface area contributed by atoms with E-state index in [0.29, 0.717) is 37.0 Å². The Morgan fingerprint density at radius 2 is 1.95 bits per heavy atom. The van der Waals surface area contributed by atoms with Crippen LogP contribution in [0.15, 0.2) is 16.6 Å². The van der Waals surface area contributed by atoms with Gasteiger partial charge in [0.05, 0.1) is 6.61 Å². The minimum Gasteiger partial charge on any atom is -0.450 e. The van der Waals surface area contributed by atoms with Crippen molar-refractivity contribution in [1.82, 2.24) is 4.90 Å². The fourth-order valence-corrected chi connectivity index (χ4v) is 2.71. The predicted octanol–water partition coefficient (Wildman–Crippen LogP) is 3.76. The number of carbonyl (C=O) groups is 1. The number of ether oxygens (including phenoxy) is 1. The number of rotatable bonds is 3. The molecule has 1 aliphatic rings. The normalized spacial score (nSPS) is 15.9. The third-order valence-corrected chi connectivity index (χ3v) is 3.83. The van der Waals surface area contributed by atoms with E-state index in [9.17, 15) is 13.6 Å². The van der Waals surface area contributed by atoms with Gasteiger partial charge in [-0.1, -0.05) is 15.9 Å². The molecule has 1 amide bonds. The molecule has 2 rings (SSSR count). The summed E-state index contributed by atoms with van der Waals surface area (Å²) in [4.78, 5) is 13.2. The molecule has 1 heterocycles. The molecular weight excluding hydrogens is 346 g/mol. The highest BCUT2D eigenvalue weighted by Gasteiger charge is 2.24. The molecule has 0 saturated carbocycles. The topological polar surface area (TPSA) is 41.6 Å². The second-order valence-electron chi connectivity index (χ2n) is 4.85. The van der Waals surface area contributed by atoms with E-state index in [2.05, 4.69) is 21.2 Å². The summed E-state index contributed by atoms with van der Waals surface area (Å²) in [7, 11) is 0. The van der Waals surface area contributed by atoms with Crippen LogP contribution in [0.1, 0.15) is 19.8 Å². The molecule has 116 valence electrons. The monoisotopic (exact) mass is 362 g/mol. The van der Waals surface area contributed by atoms with Gasteiger partial charge in [-0.2, -0.15) is 0 Å². The molecule has 0 bridgehead atoms. The quantitative estimate of drug-likeness (QED) is 0.889. The van der Waals surface area contributed by atoms with Crippen LogP contribution in [0.3, 0.4) is 0 Å². The van der Waals surface area contributed by atoms with Gasteiger partial charge in [-0.3, -0.25) is 0 Å². The van der Waals surface area contributed by atoms with Crippen molar-refractivity contribution in [1.29, 1.82) is 0 Å². The number of piperidine rings is 1. The third kappa shape index (κ3) is 4.06. The van der Waals surface area contributed by atoms with Crippen LogP contribution in [-0.4, -0.2) is 36.7 Å². The highest BCUT2D eigenvalue weighted by Crippen LogP contribution is 2.26. The van der Waals surface area contributed by atoms with Gasteiger partial charge in [0.2, 0.25) is 0 Å². The van der Waals surface area contributed by atoms with Crippen molar-refractivity contribution < 1.29 is 18.3 Å². The summed E-state index contributed by atoms with van der Waals surface area (Å²) in [6.45, 7) is 3.12. The summed E-state index contributed by atoms with van der Waals surface area (Å²) in [6.07, 6.45) is 0.901. The fourth-order valence-electron chi connectivity index (χ4n) is 2.31. The number of benzene rings is 1. The third-order valence-electron chi connectivity index (χ3n) is 3.38. The lowest BCUT2D eigenvalue weighted by molar-refractivity contribution is 0.0983. The molecule has 7 heteroatoms. The van der Waals surface area contributed by atoms with Gasteiger partial charge in [-0.05, 0) is 31.9 Å². The van der Waals surface area contributed by atoms with Gasteiger partial charge in [0.1, 0.15) is 17.3 Å². The molecule has 1 aromatic carbocycles. The van der Waals surface area contributed by atoms with E-state index in [1.54, 1.807) is 11.8 Å². The molecule has 1 aromatic rings. The van der Waals surface area contributed by atoms with Gasteiger partial charge >= 0.3 is 6.09 Å². The summed E-state index contributed by atoms with van der Waals surface area (Å²) < 4.78 is 32.8. The van der Waals surface area contributed by atoms with E-state index in [0.717, 1.165) is 0 Å². The van der Waals surface area contributed by atoms with Crippen molar-refractivity contribution in [2.75, 3.05) is 25.0 Å². The van der Waals surface area contributed by atoms with Gasteiger partial charge in [0.15, 0.2) is 0 Å². The van der Waals surface area contributed by atoms with Crippen LogP contribution in [0.5, 0.6) is 0 Å². The van der Waals surface area contributed by atoms with E-state index < -0.39 is 11.6 Å². The summed E-state index contributed by atoms with van der Waals surface area (Å²) in [6, 6.07) is 2.37. The fraction of sp³-hybridized carbons (Fsp3) is 0.500. The number of nitrogens with one attached hydrogen (secondary N) is 1. The largest absolute Gasteiger partial charge is 0.450 e. The van der Waals surface area contributed by atoms with Crippen LogP contribution in [0.2, 0.25) is 0 Å². The first-order valence-corrected chi connectivity index (χ1v) is 7.63. The zero-order valence-corrected chi connectivity index (χ0v) is 13.3. The van der Waals surface area contributed by atoms with E-state index in [-0.39, 0.29) is 17.8 Å². The first kappa shape index (κ1) is 16.0. The number of hydrogen-bond acceptors (Lipinski definition) is 3. The maximum Gasteiger partial charge on any atom is 0.409 e. The Hall–Kier alpha value is -1.37. The van der Waals surface area contributed by atoms with Crippen molar-refractivity contribution in [3.05, 3.63) is 28.2 Å². The summed E-state index contributed by atoms with van der Waals surface area (Å²) in [5.74, 6) is -1.26. The van der Waals surface area contributed by atoms with Crippen molar-refractivity contribution in [2.45, 2.75) is 25.8 Å². The molecule has 0 spiro atoms. The second-order valence-corrected chi connectivity index (χ2v) is 5.76. The van der Waals surface area contributed by atoms with Crippen molar-refractivity contribution in [3.63, 3.8) is 0 Å². The first-order valence-electron chi connectivity index (χ1n) is 6.84. The maximum atomic E-state index is 13.8. The Morgan fingerprint density at radius 3 is 2.48 bits per heavy atom. The number of carbonyl (C=O) groups excluding carboxylic acids is 1. The van der Waals surface area contributed by atoms with E-state index >= 15 is 0 Å². The Balaban J connectivity index is 1.94. The minimum atomic E-state index is -0.630. The Labute approximate surface area is 130 Å². The minimum absolute atomic E-state index is 0.0687. The molecule has 1 aliphatic heterocycles. The van der Waals surface area contributed by atoms with Gasteiger partial charge in [0, 0.05) is 23.6 Å². The Kier molecular flexibility index (Phi) is 5.39. The highest BCUT2D eigenvalue weighted by atomic mass is 79.9. The van der Waals surface area contributed by atoms with Gasteiger partial charge < -0.3 is 15.0 Å². The van der Waals surface area contributed by atoms with E-state index in [4.69, 9.17) is 4.74 Å². The lowest BCUT2D eigenvalue weighted by Gasteiger charge is -2.32. The van der Waals surface area contributed by atoms with Crippen molar-refractivity contribution >= 4 is 27.7 Å². The zero-order valence-electron chi connectivity index (χ0n) is 11.7. The second kappa shape index (κ2) is 7.06. The number of amides is 1. The molecule has 0 atom stereocenters. The average Bonchev–Trinajstić information content (AvgIpc) is 2.43. The lowest BCUT2D eigenvalue weighted by atomic mass is 10.0. The summed E-state index contributed by atoms with van der Waals surface area (Å²) in [5.41, 5.74) is -0.118. The van der Waals surface area contributed by atoms with Crippen LogP contribution in [0.25, 0.3) is 0 Å². The van der Waals surface area contributed by atoms with E-state index in [1.807, 2.05) is 0 Å². The standard InChI is InChI=1S/C14H17BrF2N2O2/c1-2-21-14(20)19-5-3-10(4-6-19)18-13-11(16)7-9(15)8-12(13)17/h7-8,10,18H,2-6H2,1H3. The molecule has 21 heavy (non-hydrogen) atoms. The SMILES string of the molecule is CCOC(=O)N1CCC(Nc2c(F)cc(Br)cc2F)CC1. The first-order chi connectivity index (χ1) is 10.0. The van der Waals surface area contributed by atoms with Crippen molar-refractivity contribution in [3.8, 4) is 0 Å². The number of hydrogen-bond donors (Lipinski definition) is 1. The van der Waals surface area contributed by atoms with Crippen LogP contribution in [0, 0.1) is 11.6 Å². The molecule has 4 nitrogen and oxygen atoms in total. The van der Waals surface area contributed by atoms with E-state index in [1.165, 1.54) is 12.1 Å². The molecule has 0 radical (unpaired) electrons. The van der Waals surface area contributed by atoms with Gasteiger partial charge in [0.25, 0.3) is 0 Å². The average molecular weight is 363 g/mol. The van der Waals surface area contributed by atoms with Crippen LogP contribution in [0.4, 0.5) is 19.3 Å². The van der Waals surface area contributed by atoms with Crippen molar-refractivity contribution in [2.24, 2.45) is 0 Å². The molecule has 1 N–H and O–H groups in total. The summed E-state index contributed by atoms with van der Waals surface area (Å²) >= 11 is 3.04. The number of likely N-dealkylation sites (tertiary alicyclic amines) is 1. The molecule has 0 aromatic heterocycles. The van der Waals surface area contributed by atoms with Gasteiger partial charge in [-0.25, -0.2) is 13.6 Å². The molecule has 1 fully saturated rings. The number of nitrogens with zero attached hydrogens (tertiary/aromatic N) is 1. The lowest BCUT2D eigenvalue weighted by Crippen LogP contribution is -2.42. The predicted molar refractivity (Wildman–Crippen MR) is 79.3 cm³/mol. The van der Waals surface area contributed by atoms with Gasteiger partial charge in [-0.15, -0.1) is 0 Å². The summed E-state index contributed by atoms with van der Waals surface area (Å²) in [5, 5.41) is 2.89. The Bertz CT molecular complexity index is 497. The number of anilines is 1. The maximum absolute atomic E-state index is 13.8. The highest BCUT2D eigenvalue weighted by molar-refractivity contribution is 9.10. The molecule has 0 aliphatic carbocycles. The van der Waals surface area contributed by atoms with Crippen LogP contribution in [-0.2, 0) is 4.74 Å². The molecule has 0 unspecified atom stereocenters. The molecule has 1 saturated heterocycles. The van der Waals surface area contributed by atoms with Crippen LogP contribution >= 0.6 is 15.9 Å². The van der Waals surface area contributed by atoms with Crippen LogP contribution < -0.4 is 5.32 Å². The number of halogens is 3.